The number of phenolic OH excluding ortho intramolecular Hbond substituents is 1. The average molecular weight is 224 g/mol. The number of hydrogen-bond acceptors (Lipinski definition) is 1. The van der Waals surface area contributed by atoms with Crippen molar-refractivity contribution in [3.63, 3.8) is 0 Å². The predicted molar refractivity (Wildman–Crippen MR) is 71.7 cm³/mol. The largest absolute Gasteiger partial charge is 0.508 e. The molecule has 0 aliphatic heterocycles. The van der Waals surface area contributed by atoms with Gasteiger partial charge in [0.1, 0.15) is 5.75 Å². The Morgan fingerprint density at radius 3 is 1.82 bits per heavy atom. The van der Waals surface area contributed by atoms with Gasteiger partial charge in [-0.25, -0.2) is 0 Å². The molecule has 2 aromatic carbocycles. The minimum absolute atomic E-state index is 0.322. The van der Waals surface area contributed by atoms with Crippen molar-refractivity contribution >= 4 is 0 Å². The summed E-state index contributed by atoms with van der Waals surface area (Å²) in [7, 11) is 0. The Balaban J connectivity index is 0.000000181. The maximum atomic E-state index is 8.63. The summed E-state index contributed by atoms with van der Waals surface area (Å²) in [4.78, 5) is 0. The molecule has 0 aromatic heterocycles. The molecule has 1 N–H and O–H groups in total. The summed E-state index contributed by atoms with van der Waals surface area (Å²) in [6.07, 6.45) is 0.925. The number of aromatic hydroxyl groups is 1. The van der Waals surface area contributed by atoms with Crippen LogP contribution in [-0.4, -0.2) is 5.11 Å². The van der Waals surface area contributed by atoms with E-state index in [1.165, 1.54) is 0 Å². The molecule has 2 aromatic rings. The molecule has 86 valence electrons. The van der Waals surface area contributed by atoms with E-state index in [9.17, 15) is 0 Å². The molecule has 0 radical (unpaired) electrons. The molecule has 0 fully saturated rings. The van der Waals surface area contributed by atoms with Crippen molar-refractivity contribution in [2.24, 2.45) is 0 Å². The zero-order chi connectivity index (χ0) is 12.3. The molecule has 0 spiro atoms. The van der Waals surface area contributed by atoms with Gasteiger partial charge in [-0.2, -0.15) is 0 Å². The molecular formula is C16H16O. The first-order valence-corrected chi connectivity index (χ1v) is 5.61. The minimum Gasteiger partial charge on any atom is -0.508 e. The quantitative estimate of drug-likeness (QED) is 0.674. The summed E-state index contributed by atoms with van der Waals surface area (Å²) in [5, 5.41) is 8.63. The van der Waals surface area contributed by atoms with E-state index in [-0.39, 0.29) is 0 Å². The maximum absolute atomic E-state index is 8.63. The van der Waals surface area contributed by atoms with Crippen LogP contribution in [0.15, 0.2) is 60.7 Å². The summed E-state index contributed by atoms with van der Waals surface area (Å²) in [6.45, 7) is 2.05. The molecule has 0 saturated heterocycles. The predicted octanol–water partition coefficient (Wildman–Crippen LogP) is 3.84. The van der Waals surface area contributed by atoms with Gasteiger partial charge in [-0.1, -0.05) is 55.2 Å². The number of para-hydroxylation sites is 1. The molecule has 1 heteroatoms. The van der Waals surface area contributed by atoms with Crippen LogP contribution in [0.2, 0.25) is 0 Å². The van der Waals surface area contributed by atoms with Gasteiger partial charge in [0.2, 0.25) is 0 Å². The van der Waals surface area contributed by atoms with E-state index >= 15 is 0 Å². The first-order valence-electron chi connectivity index (χ1n) is 5.61. The lowest BCUT2D eigenvalue weighted by Gasteiger charge is -1.84. The van der Waals surface area contributed by atoms with E-state index in [1.807, 2.05) is 36.4 Å². The van der Waals surface area contributed by atoms with Crippen molar-refractivity contribution in [1.29, 1.82) is 0 Å². The molecule has 0 aliphatic carbocycles. The lowest BCUT2D eigenvalue weighted by molar-refractivity contribution is 0.475. The molecule has 17 heavy (non-hydrogen) atoms. The van der Waals surface area contributed by atoms with Crippen molar-refractivity contribution in [3.05, 3.63) is 66.2 Å². The highest BCUT2D eigenvalue weighted by Gasteiger charge is 1.78. The Kier molecular flexibility index (Phi) is 6.06. The van der Waals surface area contributed by atoms with Crippen molar-refractivity contribution in [2.45, 2.75) is 13.3 Å². The number of hydrogen-bond donors (Lipinski definition) is 1. The molecule has 2 rings (SSSR count). The summed E-state index contributed by atoms with van der Waals surface area (Å²) in [5.74, 6) is 6.38. The summed E-state index contributed by atoms with van der Waals surface area (Å²) >= 11 is 0. The third-order valence-electron chi connectivity index (χ3n) is 1.94. The molecule has 0 bridgehead atoms. The van der Waals surface area contributed by atoms with Gasteiger partial charge in [0.15, 0.2) is 0 Å². The topological polar surface area (TPSA) is 20.2 Å². The molecule has 0 atom stereocenters. The van der Waals surface area contributed by atoms with Crippen molar-refractivity contribution < 1.29 is 5.11 Å². The Labute approximate surface area is 103 Å². The fourth-order valence-electron chi connectivity index (χ4n) is 1.14. The Morgan fingerprint density at radius 2 is 1.41 bits per heavy atom. The van der Waals surface area contributed by atoms with E-state index < -0.39 is 0 Å². The monoisotopic (exact) mass is 224 g/mol. The fourth-order valence-corrected chi connectivity index (χ4v) is 1.14. The summed E-state index contributed by atoms with van der Waals surface area (Å²) in [5.41, 5.74) is 1.10. The van der Waals surface area contributed by atoms with E-state index in [0.29, 0.717) is 5.75 Å². The van der Waals surface area contributed by atoms with Crippen LogP contribution in [-0.2, 0) is 0 Å². The third-order valence-corrected chi connectivity index (χ3v) is 1.94. The highest BCUT2D eigenvalue weighted by Crippen LogP contribution is 2.02. The van der Waals surface area contributed by atoms with Gasteiger partial charge in [-0.05, 0) is 24.3 Å². The number of benzene rings is 2. The van der Waals surface area contributed by atoms with Gasteiger partial charge in [0.25, 0.3) is 0 Å². The molecule has 0 unspecified atom stereocenters. The highest BCUT2D eigenvalue weighted by molar-refractivity contribution is 5.33. The molecule has 0 amide bonds. The van der Waals surface area contributed by atoms with Gasteiger partial charge in [-0.3, -0.25) is 0 Å². The Morgan fingerprint density at radius 1 is 0.882 bits per heavy atom. The van der Waals surface area contributed by atoms with Crippen LogP contribution in [0.5, 0.6) is 5.75 Å². The minimum atomic E-state index is 0.322. The highest BCUT2D eigenvalue weighted by atomic mass is 16.3. The van der Waals surface area contributed by atoms with Crippen LogP contribution < -0.4 is 0 Å². The Hall–Kier alpha value is -2.20. The summed E-state index contributed by atoms with van der Waals surface area (Å²) < 4.78 is 0. The van der Waals surface area contributed by atoms with Crippen LogP contribution >= 0.6 is 0 Å². The first-order chi connectivity index (χ1) is 8.33. The molecular weight excluding hydrogens is 208 g/mol. The van der Waals surface area contributed by atoms with Gasteiger partial charge in [0, 0.05) is 12.0 Å². The lowest BCUT2D eigenvalue weighted by atomic mass is 10.2. The van der Waals surface area contributed by atoms with Crippen molar-refractivity contribution in [2.75, 3.05) is 0 Å². The number of phenols is 1. The van der Waals surface area contributed by atoms with E-state index in [1.54, 1.807) is 24.3 Å². The van der Waals surface area contributed by atoms with Gasteiger partial charge in [0.05, 0.1) is 0 Å². The van der Waals surface area contributed by atoms with Crippen LogP contribution in [0.1, 0.15) is 18.9 Å². The standard InChI is InChI=1S/C10H10.C6H6O/c1-2-3-7-10-8-5-4-6-9-10;7-6-4-2-1-3-5-6/h4-6,8-9H,2H2,1H3;1-5,7H. The molecule has 1 nitrogen and oxygen atoms in total. The second-order valence-corrected chi connectivity index (χ2v) is 3.36. The molecule has 0 aliphatic rings. The van der Waals surface area contributed by atoms with Crippen LogP contribution in [0.25, 0.3) is 0 Å². The second kappa shape index (κ2) is 8.01. The van der Waals surface area contributed by atoms with Gasteiger partial charge < -0.3 is 5.11 Å². The van der Waals surface area contributed by atoms with Crippen LogP contribution in [0.3, 0.4) is 0 Å². The summed E-state index contributed by atoms with van der Waals surface area (Å²) in [6, 6.07) is 18.7. The fraction of sp³-hybridized carbons (Fsp3) is 0.125. The Bertz CT molecular complexity index is 463. The SMILES string of the molecule is CCC#Cc1ccccc1.Oc1ccccc1. The van der Waals surface area contributed by atoms with Gasteiger partial charge >= 0.3 is 0 Å². The zero-order valence-corrected chi connectivity index (χ0v) is 9.93. The molecule has 0 heterocycles. The molecule has 0 saturated carbocycles. The van der Waals surface area contributed by atoms with Crippen LogP contribution in [0.4, 0.5) is 0 Å². The average Bonchev–Trinajstić information content (AvgIpc) is 2.39. The van der Waals surface area contributed by atoms with E-state index in [2.05, 4.69) is 18.8 Å². The normalized spacial score (nSPS) is 8.29. The number of rotatable bonds is 0. The van der Waals surface area contributed by atoms with E-state index in [4.69, 9.17) is 5.11 Å². The second-order valence-electron chi connectivity index (χ2n) is 3.36. The zero-order valence-electron chi connectivity index (χ0n) is 9.93. The first kappa shape index (κ1) is 12.9. The van der Waals surface area contributed by atoms with Crippen molar-refractivity contribution in [3.8, 4) is 17.6 Å². The van der Waals surface area contributed by atoms with Gasteiger partial charge in [-0.15, -0.1) is 0 Å². The van der Waals surface area contributed by atoms with Crippen LogP contribution in [0, 0.1) is 11.8 Å². The van der Waals surface area contributed by atoms with Crippen molar-refractivity contribution in [1.82, 2.24) is 0 Å². The third kappa shape index (κ3) is 6.06. The smallest absolute Gasteiger partial charge is 0.115 e. The van der Waals surface area contributed by atoms with E-state index in [0.717, 1.165) is 12.0 Å². The maximum Gasteiger partial charge on any atom is 0.115 e. The lowest BCUT2D eigenvalue weighted by Crippen LogP contribution is -1.69.